The van der Waals surface area contributed by atoms with Gasteiger partial charge < -0.3 is 5.32 Å². The first-order valence-corrected chi connectivity index (χ1v) is 5.50. The number of benzene rings is 2. The van der Waals surface area contributed by atoms with Crippen LogP contribution in [-0.4, -0.2) is 5.91 Å². The third kappa shape index (κ3) is 2.76. The zero-order valence-corrected chi connectivity index (χ0v) is 10.0. The van der Waals surface area contributed by atoms with Crippen LogP contribution in [0.25, 0.3) is 0 Å². The van der Waals surface area contributed by atoms with Crippen molar-refractivity contribution in [1.82, 2.24) is 0 Å². The molecule has 0 unspecified atom stereocenters. The van der Waals surface area contributed by atoms with E-state index in [1.54, 1.807) is 6.07 Å². The van der Waals surface area contributed by atoms with Gasteiger partial charge in [0.25, 0.3) is 5.91 Å². The van der Waals surface area contributed by atoms with Gasteiger partial charge in [0.1, 0.15) is 5.82 Å². The molecule has 1 N–H and O–H groups in total. The standard InChI is InChI=1S/C14H10F3NO/c1-8-6-11(16)12(17)7-9(8)14(19)18-13-5-3-2-4-10(13)15/h2-7H,1H3,(H,18,19). The zero-order chi connectivity index (χ0) is 14.0. The van der Waals surface area contributed by atoms with Gasteiger partial charge in [-0.15, -0.1) is 0 Å². The third-order valence-electron chi connectivity index (χ3n) is 2.63. The summed E-state index contributed by atoms with van der Waals surface area (Å²) in [6, 6.07) is 7.31. The van der Waals surface area contributed by atoms with Gasteiger partial charge in [-0.3, -0.25) is 4.79 Å². The first kappa shape index (κ1) is 13.1. The second-order valence-electron chi connectivity index (χ2n) is 4.02. The number of nitrogens with one attached hydrogen (secondary N) is 1. The Morgan fingerprint density at radius 2 is 1.63 bits per heavy atom. The molecule has 2 aromatic rings. The maximum Gasteiger partial charge on any atom is 0.256 e. The van der Waals surface area contributed by atoms with E-state index in [4.69, 9.17) is 0 Å². The Labute approximate surface area is 107 Å². The predicted octanol–water partition coefficient (Wildman–Crippen LogP) is 3.66. The molecule has 5 heteroatoms. The lowest BCUT2D eigenvalue weighted by Crippen LogP contribution is -2.15. The minimum Gasteiger partial charge on any atom is -0.319 e. The molecule has 1 amide bonds. The Bertz CT molecular complexity index is 641. The molecule has 98 valence electrons. The summed E-state index contributed by atoms with van der Waals surface area (Å²) in [6.45, 7) is 1.47. The van der Waals surface area contributed by atoms with Crippen molar-refractivity contribution < 1.29 is 18.0 Å². The van der Waals surface area contributed by atoms with Crippen molar-refractivity contribution in [3.05, 3.63) is 65.0 Å². The highest BCUT2D eigenvalue weighted by Crippen LogP contribution is 2.18. The van der Waals surface area contributed by atoms with Gasteiger partial charge in [0.05, 0.1) is 5.69 Å². The number of para-hydroxylation sites is 1. The summed E-state index contributed by atoms with van der Waals surface area (Å²) in [6.07, 6.45) is 0. The van der Waals surface area contributed by atoms with E-state index in [0.29, 0.717) is 0 Å². The number of amides is 1. The fourth-order valence-electron chi connectivity index (χ4n) is 1.64. The molecule has 0 saturated carbocycles. The van der Waals surface area contributed by atoms with Crippen LogP contribution >= 0.6 is 0 Å². The molecule has 0 atom stereocenters. The summed E-state index contributed by atoms with van der Waals surface area (Å²) in [5, 5.41) is 2.31. The average molecular weight is 265 g/mol. The highest BCUT2D eigenvalue weighted by atomic mass is 19.2. The molecular formula is C14H10F3NO. The van der Waals surface area contributed by atoms with E-state index in [9.17, 15) is 18.0 Å². The number of hydrogen-bond donors (Lipinski definition) is 1. The Kier molecular flexibility index (Phi) is 3.55. The van der Waals surface area contributed by atoms with E-state index in [0.717, 1.165) is 12.1 Å². The van der Waals surface area contributed by atoms with Crippen molar-refractivity contribution in [3.8, 4) is 0 Å². The monoisotopic (exact) mass is 265 g/mol. The normalized spacial score (nSPS) is 10.3. The maximum absolute atomic E-state index is 13.4. The van der Waals surface area contributed by atoms with E-state index in [1.807, 2.05) is 0 Å². The van der Waals surface area contributed by atoms with E-state index >= 15 is 0 Å². The van der Waals surface area contributed by atoms with Gasteiger partial charge in [-0.2, -0.15) is 0 Å². The molecule has 0 bridgehead atoms. The Morgan fingerprint density at radius 1 is 1.00 bits per heavy atom. The van der Waals surface area contributed by atoms with Crippen LogP contribution < -0.4 is 5.32 Å². The predicted molar refractivity (Wildman–Crippen MR) is 65.4 cm³/mol. The molecule has 19 heavy (non-hydrogen) atoms. The highest BCUT2D eigenvalue weighted by molar-refractivity contribution is 6.05. The number of hydrogen-bond acceptors (Lipinski definition) is 1. The van der Waals surface area contributed by atoms with Gasteiger partial charge in [-0.05, 0) is 36.8 Å². The number of aryl methyl sites for hydroxylation is 1. The van der Waals surface area contributed by atoms with Gasteiger partial charge >= 0.3 is 0 Å². The average Bonchev–Trinajstić information content (AvgIpc) is 2.36. The van der Waals surface area contributed by atoms with Crippen molar-refractivity contribution in [3.63, 3.8) is 0 Å². The van der Waals surface area contributed by atoms with E-state index in [2.05, 4.69) is 5.32 Å². The maximum atomic E-state index is 13.4. The first-order valence-electron chi connectivity index (χ1n) is 5.50. The minimum atomic E-state index is -1.12. The Balaban J connectivity index is 2.31. The molecule has 0 heterocycles. The van der Waals surface area contributed by atoms with Crippen LogP contribution in [0.2, 0.25) is 0 Å². The fraction of sp³-hybridized carbons (Fsp3) is 0.0714. The second-order valence-corrected chi connectivity index (χ2v) is 4.02. The van der Waals surface area contributed by atoms with Crippen molar-refractivity contribution in [2.75, 3.05) is 5.32 Å². The lowest BCUT2D eigenvalue weighted by molar-refractivity contribution is 0.102. The van der Waals surface area contributed by atoms with Gasteiger partial charge in [-0.25, -0.2) is 13.2 Å². The van der Waals surface area contributed by atoms with Crippen molar-refractivity contribution >= 4 is 11.6 Å². The number of anilines is 1. The Morgan fingerprint density at radius 3 is 2.32 bits per heavy atom. The molecule has 2 rings (SSSR count). The quantitative estimate of drug-likeness (QED) is 0.882. The molecule has 2 nitrogen and oxygen atoms in total. The molecular weight excluding hydrogens is 255 g/mol. The van der Waals surface area contributed by atoms with Gasteiger partial charge in [-0.1, -0.05) is 12.1 Å². The van der Waals surface area contributed by atoms with Crippen LogP contribution in [-0.2, 0) is 0 Å². The molecule has 0 aliphatic rings. The van der Waals surface area contributed by atoms with Crippen LogP contribution in [0.4, 0.5) is 18.9 Å². The summed E-state index contributed by atoms with van der Waals surface area (Å²) in [7, 11) is 0. The third-order valence-corrected chi connectivity index (χ3v) is 2.63. The molecule has 0 aromatic heterocycles. The highest BCUT2D eigenvalue weighted by Gasteiger charge is 2.14. The van der Waals surface area contributed by atoms with Crippen molar-refractivity contribution in [1.29, 1.82) is 0 Å². The fourth-order valence-corrected chi connectivity index (χ4v) is 1.64. The van der Waals surface area contributed by atoms with Gasteiger partial charge in [0, 0.05) is 5.56 Å². The second kappa shape index (κ2) is 5.14. The van der Waals surface area contributed by atoms with Crippen LogP contribution in [0.3, 0.4) is 0 Å². The zero-order valence-electron chi connectivity index (χ0n) is 10.0. The Hall–Kier alpha value is -2.30. The van der Waals surface area contributed by atoms with Crippen LogP contribution in [0, 0.1) is 24.4 Å². The topological polar surface area (TPSA) is 29.1 Å². The molecule has 0 aliphatic carbocycles. The van der Waals surface area contributed by atoms with Gasteiger partial charge in [0.2, 0.25) is 0 Å². The largest absolute Gasteiger partial charge is 0.319 e. The molecule has 0 radical (unpaired) electrons. The molecule has 2 aromatic carbocycles. The molecule has 0 aliphatic heterocycles. The van der Waals surface area contributed by atoms with E-state index in [-0.39, 0.29) is 16.8 Å². The summed E-state index contributed by atoms with van der Waals surface area (Å²) in [4.78, 5) is 11.9. The van der Waals surface area contributed by atoms with Crippen LogP contribution in [0.15, 0.2) is 36.4 Å². The number of rotatable bonds is 2. The minimum absolute atomic E-state index is 0.0170. The number of carbonyl (C=O) groups is 1. The van der Waals surface area contributed by atoms with E-state index in [1.165, 1.54) is 25.1 Å². The van der Waals surface area contributed by atoms with Crippen LogP contribution in [0.1, 0.15) is 15.9 Å². The number of halogens is 3. The molecule has 0 saturated heterocycles. The molecule has 0 spiro atoms. The lowest BCUT2D eigenvalue weighted by atomic mass is 10.1. The van der Waals surface area contributed by atoms with E-state index < -0.39 is 23.4 Å². The summed E-state index contributed by atoms with van der Waals surface area (Å²) in [5.74, 6) is -3.44. The summed E-state index contributed by atoms with van der Waals surface area (Å²) < 4.78 is 39.4. The summed E-state index contributed by atoms with van der Waals surface area (Å²) >= 11 is 0. The van der Waals surface area contributed by atoms with Crippen LogP contribution in [0.5, 0.6) is 0 Å². The smallest absolute Gasteiger partial charge is 0.256 e. The summed E-state index contributed by atoms with van der Waals surface area (Å²) in [5.41, 5.74) is 0.214. The van der Waals surface area contributed by atoms with Crippen molar-refractivity contribution in [2.24, 2.45) is 0 Å². The first-order chi connectivity index (χ1) is 8.99. The molecule has 0 fully saturated rings. The van der Waals surface area contributed by atoms with Crippen molar-refractivity contribution in [2.45, 2.75) is 6.92 Å². The number of carbonyl (C=O) groups excluding carboxylic acids is 1. The SMILES string of the molecule is Cc1cc(F)c(F)cc1C(=O)Nc1ccccc1F. The van der Waals surface area contributed by atoms with Gasteiger partial charge in [0.15, 0.2) is 11.6 Å². The lowest BCUT2D eigenvalue weighted by Gasteiger charge is -2.09.